The molecule has 0 radical (unpaired) electrons. The number of thiophene rings is 1. The van der Waals surface area contributed by atoms with E-state index < -0.39 is 6.04 Å². The van der Waals surface area contributed by atoms with Crippen LogP contribution in [0.3, 0.4) is 0 Å². The predicted octanol–water partition coefficient (Wildman–Crippen LogP) is 1.99. The predicted molar refractivity (Wildman–Crippen MR) is 78.9 cm³/mol. The Kier molecular flexibility index (Phi) is 4.80. The first kappa shape index (κ1) is 14.6. The Morgan fingerprint density at radius 1 is 1.30 bits per heavy atom. The molecule has 0 aliphatic rings. The Morgan fingerprint density at radius 2 is 2.10 bits per heavy atom. The van der Waals surface area contributed by atoms with Gasteiger partial charge in [-0.2, -0.15) is 0 Å². The number of hydrogen-bond acceptors (Lipinski definition) is 6. The first-order chi connectivity index (χ1) is 9.58. The van der Waals surface area contributed by atoms with Gasteiger partial charge in [0.2, 0.25) is 11.0 Å². The van der Waals surface area contributed by atoms with Crippen molar-refractivity contribution in [2.75, 3.05) is 5.32 Å². The first-order valence-corrected chi connectivity index (χ1v) is 7.75. The number of nitrogens with zero attached hydrogens (tertiary/aromatic N) is 2. The van der Waals surface area contributed by atoms with E-state index in [1.807, 2.05) is 19.2 Å². The van der Waals surface area contributed by atoms with Gasteiger partial charge in [0, 0.05) is 0 Å². The summed E-state index contributed by atoms with van der Waals surface area (Å²) in [5, 5.41) is 15.0. The number of carbonyl (C=O) groups is 2. The maximum Gasteiger partial charge on any atom is 0.262 e. The number of aromatic nitrogens is 2. The van der Waals surface area contributed by atoms with Crippen molar-refractivity contribution in [1.82, 2.24) is 15.5 Å². The maximum atomic E-state index is 12.2. The Morgan fingerprint density at radius 3 is 2.65 bits per heavy atom. The Labute approximate surface area is 124 Å². The van der Waals surface area contributed by atoms with Crippen molar-refractivity contribution in [1.29, 1.82) is 0 Å². The summed E-state index contributed by atoms with van der Waals surface area (Å²) in [6, 6.07) is 2.90. The van der Waals surface area contributed by atoms with Crippen LogP contribution in [0.2, 0.25) is 0 Å². The van der Waals surface area contributed by atoms with Crippen LogP contribution in [0.5, 0.6) is 0 Å². The maximum absolute atomic E-state index is 12.2. The van der Waals surface area contributed by atoms with E-state index in [0.29, 0.717) is 10.0 Å². The van der Waals surface area contributed by atoms with Crippen molar-refractivity contribution in [3.8, 4) is 0 Å². The van der Waals surface area contributed by atoms with E-state index in [1.165, 1.54) is 28.2 Å². The van der Waals surface area contributed by atoms with Gasteiger partial charge >= 0.3 is 0 Å². The van der Waals surface area contributed by atoms with Crippen molar-refractivity contribution in [2.24, 2.45) is 5.92 Å². The normalized spacial score (nSPS) is 12.2. The number of carbonyl (C=O) groups excluding carboxylic acids is 2. The third-order valence-electron chi connectivity index (χ3n) is 2.57. The largest absolute Gasteiger partial charge is 0.339 e. The smallest absolute Gasteiger partial charge is 0.262 e. The van der Waals surface area contributed by atoms with Gasteiger partial charge in [0.05, 0.1) is 4.88 Å². The molecule has 2 aromatic heterocycles. The third-order valence-corrected chi connectivity index (χ3v) is 4.05. The van der Waals surface area contributed by atoms with Gasteiger partial charge in [0.25, 0.3) is 5.91 Å². The summed E-state index contributed by atoms with van der Waals surface area (Å²) in [7, 11) is 0. The Balaban J connectivity index is 2.03. The lowest BCUT2D eigenvalue weighted by Crippen LogP contribution is -2.46. The van der Waals surface area contributed by atoms with E-state index in [0.717, 1.165) is 0 Å². The number of rotatable bonds is 5. The molecule has 106 valence electrons. The monoisotopic (exact) mass is 310 g/mol. The molecule has 0 saturated heterocycles. The molecule has 6 nitrogen and oxygen atoms in total. The molecule has 0 aliphatic carbocycles. The molecule has 2 rings (SSSR count). The lowest BCUT2D eigenvalue weighted by Gasteiger charge is -2.20. The molecule has 1 unspecified atom stereocenters. The molecule has 1 atom stereocenters. The fourth-order valence-corrected chi connectivity index (χ4v) is 2.64. The van der Waals surface area contributed by atoms with Gasteiger partial charge in [-0.05, 0) is 17.4 Å². The van der Waals surface area contributed by atoms with Gasteiger partial charge in [0.1, 0.15) is 11.6 Å². The molecule has 2 aromatic rings. The zero-order chi connectivity index (χ0) is 14.5. The van der Waals surface area contributed by atoms with Crippen molar-refractivity contribution in [3.63, 3.8) is 0 Å². The molecule has 2 N–H and O–H groups in total. The van der Waals surface area contributed by atoms with Gasteiger partial charge in [-0.15, -0.1) is 21.5 Å². The van der Waals surface area contributed by atoms with E-state index in [1.54, 1.807) is 12.1 Å². The highest BCUT2D eigenvalue weighted by Gasteiger charge is 2.25. The van der Waals surface area contributed by atoms with Gasteiger partial charge in [0.15, 0.2) is 0 Å². The highest BCUT2D eigenvalue weighted by atomic mass is 32.1. The van der Waals surface area contributed by atoms with Crippen LogP contribution in [0, 0.1) is 5.92 Å². The quantitative estimate of drug-likeness (QED) is 0.884. The SMILES string of the molecule is CC(C)C(NC(=O)c1cccs1)C(=O)Nc1nncs1. The average Bonchev–Trinajstić information content (AvgIpc) is 3.07. The first-order valence-electron chi connectivity index (χ1n) is 5.99. The average molecular weight is 310 g/mol. The molecule has 0 saturated carbocycles. The van der Waals surface area contributed by atoms with Crippen LogP contribution < -0.4 is 10.6 Å². The summed E-state index contributed by atoms with van der Waals surface area (Å²) >= 11 is 2.57. The van der Waals surface area contributed by atoms with E-state index in [4.69, 9.17) is 0 Å². The minimum atomic E-state index is -0.617. The van der Waals surface area contributed by atoms with E-state index in [2.05, 4.69) is 20.8 Å². The van der Waals surface area contributed by atoms with Crippen LogP contribution in [0.1, 0.15) is 23.5 Å². The highest BCUT2D eigenvalue weighted by Crippen LogP contribution is 2.13. The van der Waals surface area contributed by atoms with Crippen molar-refractivity contribution in [3.05, 3.63) is 27.9 Å². The number of anilines is 1. The summed E-state index contributed by atoms with van der Waals surface area (Å²) in [6.07, 6.45) is 0. The number of amides is 2. The number of hydrogen-bond donors (Lipinski definition) is 2. The molecule has 20 heavy (non-hydrogen) atoms. The Hall–Kier alpha value is -1.80. The summed E-state index contributed by atoms with van der Waals surface area (Å²) < 4.78 is 0. The molecule has 0 spiro atoms. The third kappa shape index (κ3) is 3.61. The second-order valence-corrected chi connectivity index (χ2v) is 6.19. The molecular formula is C12H14N4O2S2. The van der Waals surface area contributed by atoms with Gasteiger partial charge < -0.3 is 5.32 Å². The van der Waals surface area contributed by atoms with E-state index in [-0.39, 0.29) is 17.7 Å². The second-order valence-electron chi connectivity index (χ2n) is 4.41. The molecule has 0 bridgehead atoms. The van der Waals surface area contributed by atoms with Crippen LogP contribution in [0.15, 0.2) is 23.0 Å². The highest BCUT2D eigenvalue weighted by molar-refractivity contribution is 7.13. The van der Waals surface area contributed by atoms with Crippen LogP contribution in [0.4, 0.5) is 5.13 Å². The molecule has 0 fully saturated rings. The van der Waals surface area contributed by atoms with Gasteiger partial charge in [-0.1, -0.05) is 31.3 Å². The summed E-state index contributed by atoms with van der Waals surface area (Å²) in [6.45, 7) is 3.75. The van der Waals surface area contributed by atoms with Crippen LogP contribution >= 0.6 is 22.7 Å². The van der Waals surface area contributed by atoms with Crippen molar-refractivity contribution >= 4 is 39.6 Å². The second kappa shape index (κ2) is 6.58. The summed E-state index contributed by atoms with van der Waals surface area (Å²) in [5.74, 6) is -0.570. The van der Waals surface area contributed by atoms with Crippen molar-refractivity contribution in [2.45, 2.75) is 19.9 Å². The fourth-order valence-electron chi connectivity index (χ4n) is 1.57. The zero-order valence-corrected chi connectivity index (χ0v) is 12.6. The van der Waals surface area contributed by atoms with Gasteiger partial charge in [-0.25, -0.2) is 0 Å². The standard InChI is InChI=1S/C12H14N4O2S2/c1-7(2)9(11(18)15-12-16-13-6-20-12)14-10(17)8-4-3-5-19-8/h3-7,9H,1-2H3,(H,14,17)(H,15,16,18). The fraction of sp³-hybridized carbons (Fsp3) is 0.333. The van der Waals surface area contributed by atoms with Crippen LogP contribution in [-0.4, -0.2) is 28.1 Å². The zero-order valence-electron chi connectivity index (χ0n) is 11.0. The van der Waals surface area contributed by atoms with Crippen LogP contribution in [0.25, 0.3) is 0 Å². The molecular weight excluding hydrogens is 296 g/mol. The summed E-state index contributed by atoms with van der Waals surface area (Å²) in [4.78, 5) is 24.8. The molecule has 8 heteroatoms. The topological polar surface area (TPSA) is 84.0 Å². The number of nitrogens with one attached hydrogen (secondary N) is 2. The van der Waals surface area contributed by atoms with E-state index >= 15 is 0 Å². The summed E-state index contributed by atoms with van der Waals surface area (Å²) in [5.41, 5.74) is 1.53. The molecule has 2 amide bonds. The Bertz CT molecular complexity index is 566. The lowest BCUT2D eigenvalue weighted by molar-refractivity contribution is -0.118. The van der Waals surface area contributed by atoms with Crippen molar-refractivity contribution < 1.29 is 9.59 Å². The molecule has 0 aromatic carbocycles. The minimum absolute atomic E-state index is 0.0353. The minimum Gasteiger partial charge on any atom is -0.339 e. The lowest BCUT2D eigenvalue weighted by atomic mass is 10.0. The van der Waals surface area contributed by atoms with Crippen LogP contribution in [-0.2, 0) is 4.79 Å². The van der Waals surface area contributed by atoms with Gasteiger partial charge in [-0.3, -0.25) is 14.9 Å². The van der Waals surface area contributed by atoms with E-state index in [9.17, 15) is 9.59 Å². The molecule has 0 aliphatic heterocycles. The molecule has 2 heterocycles.